The molecule has 7 nitrogen and oxygen atoms in total. The van der Waals surface area contributed by atoms with Gasteiger partial charge in [0.15, 0.2) is 0 Å². The maximum Gasteiger partial charge on any atom is 0.254 e. The summed E-state index contributed by atoms with van der Waals surface area (Å²) in [6.45, 7) is 3.92. The Hall–Kier alpha value is -3.48. The first-order chi connectivity index (χ1) is 12.2. The van der Waals surface area contributed by atoms with Crippen LogP contribution < -0.4 is 10.1 Å². The number of hydrogen-bond donors (Lipinski definition) is 1. The van der Waals surface area contributed by atoms with Crippen LogP contribution >= 0.6 is 0 Å². The molecule has 0 atom stereocenters. The Morgan fingerprint density at radius 1 is 0.920 bits per heavy atom. The fourth-order valence-electron chi connectivity index (χ4n) is 2.50. The van der Waals surface area contributed by atoms with Crippen molar-refractivity contribution < 1.29 is 4.74 Å². The van der Waals surface area contributed by atoms with Crippen LogP contribution in [0.5, 0.6) is 11.5 Å². The molecule has 0 aliphatic heterocycles. The van der Waals surface area contributed by atoms with E-state index in [1.807, 2.05) is 56.3 Å². The minimum absolute atomic E-state index is 0.504. The molecule has 0 aliphatic carbocycles. The summed E-state index contributed by atoms with van der Waals surface area (Å²) in [6, 6.07) is 13.2. The van der Waals surface area contributed by atoms with E-state index in [4.69, 9.17) is 4.74 Å². The van der Waals surface area contributed by atoms with Crippen LogP contribution in [-0.2, 0) is 0 Å². The molecule has 0 saturated heterocycles. The zero-order valence-corrected chi connectivity index (χ0v) is 13.8. The normalized spacial score (nSPS) is 10.8. The fraction of sp³-hybridized carbons (Fsp3) is 0.111. The predicted octanol–water partition coefficient (Wildman–Crippen LogP) is 3.67. The van der Waals surface area contributed by atoms with Crippen molar-refractivity contribution >= 4 is 17.4 Å². The summed E-state index contributed by atoms with van der Waals surface area (Å²) in [7, 11) is 0. The highest BCUT2D eigenvalue weighted by Gasteiger charge is 2.08. The van der Waals surface area contributed by atoms with Gasteiger partial charge in [0.1, 0.15) is 11.5 Å². The smallest absolute Gasteiger partial charge is 0.254 e. The van der Waals surface area contributed by atoms with Crippen molar-refractivity contribution in [2.75, 3.05) is 5.32 Å². The first kappa shape index (κ1) is 15.1. The van der Waals surface area contributed by atoms with Gasteiger partial charge in [0, 0.05) is 29.5 Å². The molecule has 7 heteroatoms. The molecule has 0 radical (unpaired) electrons. The highest BCUT2D eigenvalue weighted by atomic mass is 16.5. The van der Waals surface area contributed by atoms with Gasteiger partial charge >= 0.3 is 0 Å². The van der Waals surface area contributed by atoms with Gasteiger partial charge in [0.25, 0.3) is 5.78 Å². The highest BCUT2D eigenvalue weighted by Crippen LogP contribution is 2.23. The van der Waals surface area contributed by atoms with Gasteiger partial charge in [-0.05, 0) is 56.3 Å². The summed E-state index contributed by atoms with van der Waals surface area (Å²) in [4.78, 5) is 12.8. The summed E-state index contributed by atoms with van der Waals surface area (Å²) in [5.74, 6) is 2.57. The summed E-state index contributed by atoms with van der Waals surface area (Å²) >= 11 is 0. The average Bonchev–Trinajstić information content (AvgIpc) is 3.00. The average molecular weight is 332 g/mol. The lowest BCUT2D eigenvalue weighted by molar-refractivity contribution is 0.482. The third-order valence-corrected chi connectivity index (χ3v) is 3.61. The first-order valence-corrected chi connectivity index (χ1v) is 7.83. The lowest BCUT2D eigenvalue weighted by atomic mass is 10.3. The molecule has 0 spiro atoms. The number of fused-ring (bicyclic) bond motifs is 1. The topological polar surface area (TPSA) is 77.2 Å². The number of nitrogens with zero attached hydrogens (tertiary/aromatic N) is 5. The van der Waals surface area contributed by atoms with Crippen molar-refractivity contribution in [1.82, 2.24) is 24.6 Å². The first-order valence-electron chi connectivity index (χ1n) is 7.83. The number of hydrogen-bond acceptors (Lipinski definition) is 6. The molecule has 3 heterocycles. The van der Waals surface area contributed by atoms with Crippen LogP contribution in [0.3, 0.4) is 0 Å². The molecule has 0 saturated carbocycles. The Kier molecular flexibility index (Phi) is 3.74. The van der Waals surface area contributed by atoms with Crippen molar-refractivity contribution in [1.29, 1.82) is 0 Å². The molecule has 0 amide bonds. The van der Waals surface area contributed by atoms with Crippen molar-refractivity contribution in [2.24, 2.45) is 0 Å². The van der Waals surface area contributed by atoms with Crippen LogP contribution in [0, 0.1) is 13.8 Å². The maximum absolute atomic E-state index is 5.75. The van der Waals surface area contributed by atoms with Crippen LogP contribution in [0.15, 0.2) is 54.9 Å². The van der Waals surface area contributed by atoms with Crippen LogP contribution in [-0.4, -0.2) is 24.6 Å². The largest absolute Gasteiger partial charge is 0.457 e. The second kappa shape index (κ2) is 6.20. The fourth-order valence-corrected chi connectivity index (χ4v) is 2.50. The Labute approximate surface area is 144 Å². The highest BCUT2D eigenvalue weighted by molar-refractivity contribution is 5.56. The van der Waals surface area contributed by atoms with Gasteiger partial charge in [0.05, 0.1) is 0 Å². The molecule has 1 aromatic carbocycles. The molecule has 0 fully saturated rings. The van der Waals surface area contributed by atoms with Gasteiger partial charge in [-0.15, -0.1) is 5.10 Å². The molecule has 0 aliphatic rings. The van der Waals surface area contributed by atoms with Gasteiger partial charge in [-0.3, -0.25) is 4.98 Å². The SMILES string of the molecule is Cc1cc(C)n2nc(Nc3ccc(Oc4ccncc4)cc3)nc2n1. The maximum atomic E-state index is 5.75. The van der Waals surface area contributed by atoms with E-state index in [0.717, 1.165) is 28.6 Å². The third kappa shape index (κ3) is 3.25. The molecule has 0 unspecified atom stereocenters. The van der Waals surface area contributed by atoms with E-state index in [0.29, 0.717) is 11.7 Å². The molecule has 4 rings (SSSR count). The minimum Gasteiger partial charge on any atom is -0.457 e. The number of rotatable bonds is 4. The number of pyridine rings is 1. The van der Waals surface area contributed by atoms with E-state index >= 15 is 0 Å². The van der Waals surface area contributed by atoms with E-state index in [9.17, 15) is 0 Å². The van der Waals surface area contributed by atoms with Crippen LogP contribution in [0.1, 0.15) is 11.4 Å². The molecular weight excluding hydrogens is 316 g/mol. The van der Waals surface area contributed by atoms with E-state index < -0.39 is 0 Å². The van der Waals surface area contributed by atoms with Crippen molar-refractivity contribution in [3.63, 3.8) is 0 Å². The summed E-state index contributed by atoms with van der Waals surface area (Å²) < 4.78 is 7.47. The number of aromatic nitrogens is 5. The summed E-state index contributed by atoms with van der Waals surface area (Å²) in [5.41, 5.74) is 2.78. The second-order valence-corrected chi connectivity index (χ2v) is 5.62. The van der Waals surface area contributed by atoms with Crippen molar-refractivity contribution in [3.8, 4) is 11.5 Å². The van der Waals surface area contributed by atoms with Gasteiger partial charge in [-0.25, -0.2) is 4.98 Å². The number of nitrogens with one attached hydrogen (secondary N) is 1. The van der Waals surface area contributed by atoms with Gasteiger partial charge in [-0.1, -0.05) is 0 Å². The number of anilines is 2. The Balaban J connectivity index is 1.52. The predicted molar refractivity (Wildman–Crippen MR) is 94.3 cm³/mol. The van der Waals surface area contributed by atoms with Gasteiger partial charge in [0.2, 0.25) is 5.95 Å². The monoisotopic (exact) mass is 332 g/mol. The van der Waals surface area contributed by atoms with E-state index in [-0.39, 0.29) is 0 Å². The summed E-state index contributed by atoms with van der Waals surface area (Å²) in [6.07, 6.45) is 3.39. The Morgan fingerprint density at radius 3 is 2.40 bits per heavy atom. The molecule has 0 bridgehead atoms. The number of ether oxygens (including phenoxy) is 1. The minimum atomic E-state index is 0.504. The van der Waals surface area contributed by atoms with Crippen LogP contribution in [0.4, 0.5) is 11.6 Å². The Bertz CT molecular complexity index is 1010. The zero-order valence-electron chi connectivity index (χ0n) is 13.8. The quantitative estimate of drug-likeness (QED) is 0.614. The van der Waals surface area contributed by atoms with E-state index in [1.54, 1.807) is 16.9 Å². The zero-order chi connectivity index (χ0) is 17.2. The van der Waals surface area contributed by atoms with Crippen LogP contribution in [0.2, 0.25) is 0 Å². The summed E-state index contributed by atoms with van der Waals surface area (Å²) in [5, 5.41) is 7.62. The van der Waals surface area contributed by atoms with Gasteiger partial charge in [-0.2, -0.15) is 9.50 Å². The van der Waals surface area contributed by atoms with E-state index in [2.05, 4.69) is 25.4 Å². The lowest BCUT2D eigenvalue weighted by Gasteiger charge is -2.06. The van der Waals surface area contributed by atoms with Crippen molar-refractivity contribution in [3.05, 3.63) is 66.2 Å². The Morgan fingerprint density at radius 2 is 1.64 bits per heavy atom. The number of aryl methyl sites for hydroxylation is 2. The molecule has 1 N–H and O–H groups in total. The van der Waals surface area contributed by atoms with E-state index in [1.165, 1.54) is 0 Å². The number of benzene rings is 1. The molecule has 25 heavy (non-hydrogen) atoms. The van der Waals surface area contributed by atoms with Gasteiger partial charge < -0.3 is 10.1 Å². The van der Waals surface area contributed by atoms with Crippen LogP contribution in [0.25, 0.3) is 5.78 Å². The van der Waals surface area contributed by atoms with Crippen molar-refractivity contribution in [2.45, 2.75) is 13.8 Å². The third-order valence-electron chi connectivity index (χ3n) is 3.61. The molecule has 3 aromatic heterocycles. The lowest BCUT2D eigenvalue weighted by Crippen LogP contribution is -1.97. The molecule has 124 valence electrons. The molecular formula is C18H16N6O. The second-order valence-electron chi connectivity index (χ2n) is 5.62. The molecule has 4 aromatic rings. The standard InChI is InChI=1S/C18H16N6O/c1-12-11-13(2)24-18(20-12)22-17(23-24)21-14-3-5-15(6-4-14)25-16-7-9-19-10-8-16/h3-11H,1-2H3,(H,21,23).